The van der Waals surface area contributed by atoms with Crippen molar-refractivity contribution in [3.8, 4) is 28.4 Å². The molecule has 23 heavy (non-hydrogen) atoms. The molecular weight excluding hydrogens is 303 g/mol. The van der Waals surface area contributed by atoms with Crippen molar-refractivity contribution in [2.24, 2.45) is 0 Å². The van der Waals surface area contributed by atoms with Crippen molar-refractivity contribution >= 4 is 6.29 Å². The quantitative estimate of drug-likeness (QED) is 0.579. The van der Waals surface area contributed by atoms with E-state index in [1.54, 1.807) is 18.2 Å². The minimum absolute atomic E-state index is 0.0454. The Morgan fingerprint density at radius 2 is 1.74 bits per heavy atom. The molecule has 0 aromatic heterocycles. The summed E-state index contributed by atoms with van der Waals surface area (Å²) in [4.78, 5) is 11.6. The maximum Gasteiger partial charge on any atom is 0.188 e. The van der Waals surface area contributed by atoms with Crippen molar-refractivity contribution in [1.82, 2.24) is 0 Å². The Balaban J connectivity index is 2.67. The fraction of sp³-hybridized carbons (Fsp3) is 0.235. The van der Waals surface area contributed by atoms with E-state index in [1.807, 2.05) is 0 Å². The van der Waals surface area contributed by atoms with Crippen LogP contribution >= 0.6 is 0 Å². The van der Waals surface area contributed by atoms with Crippen molar-refractivity contribution in [1.29, 1.82) is 0 Å². The third-order valence-electron chi connectivity index (χ3n) is 3.25. The van der Waals surface area contributed by atoms with E-state index in [9.17, 15) is 9.18 Å². The molecule has 0 unspecified atom stereocenters. The predicted octanol–water partition coefficient (Wildman–Crippen LogP) is 3.31. The topological polar surface area (TPSA) is 54.0 Å². The van der Waals surface area contributed by atoms with E-state index in [1.165, 1.54) is 33.5 Å². The molecule has 122 valence electrons. The molecule has 6 heteroatoms. The lowest BCUT2D eigenvalue weighted by molar-refractivity contribution is 0.0484. The second-order valence-corrected chi connectivity index (χ2v) is 4.58. The molecule has 0 aliphatic heterocycles. The molecule has 0 aliphatic rings. The Kier molecular flexibility index (Phi) is 5.54. The second kappa shape index (κ2) is 7.60. The Labute approximate surface area is 133 Å². The molecule has 0 spiro atoms. The number of hydrogen-bond donors (Lipinski definition) is 0. The molecule has 0 atom stereocenters. The SMILES string of the molecule is COCOc1c(OC)cc(-c2ccc(F)cc2)c(OC)c1C=O. The zero-order chi connectivity index (χ0) is 16.8. The number of ether oxygens (including phenoxy) is 4. The molecule has 0 saturated carbocycles. The maximum atomic E-state index is 13.1. The molecule has 0 N–H and O–H groups in total. The monoisotopic (exact) mass is 320 g/mol. The fourth-order valence-corrected chi connectivity index (χ4v) is 2.23. The Bertz CT molecular complexity index is 682. The molecule has 2 aromatic carbocycles. The summed E-state index contributed by atoms with van der Waals surface area (Å²) in [6.45, 7) is -0.0454. The zero-order valence-electron chi connectivity index (χ0n) is 13.1. The van der Waals surface area contributed by atoms with E-state index in [4.69, 9.17) is 18.9 Å². The molecule has 0 aliphatic carbocycles. The Hall–Kier alpha value is -2.60. The number of hydrogen-bond acceptors (Lipinski definition) is 5. The number of rotatable bonds is 7. The van der Waals surface area contributed by atoms with E-state index in [0.717, 1.165) is 0 Å². The van der Waals surface area contributed by atoms with Gasteiger partial charge in [0.1, 0.15) is 17.1 Å². The minimum atomic E-state index is -0.352. The third-order valence-corrected chi connectivity index (χ3v) is 3.25. The Morgan fingerprint density at radius 1 is 1.04 bits per heavy atom. The van der Waals surface area contributed by atoms with Crippen LogP contribution in [0.15, 0.2) is 30.3 Å². The molecule has 2 rings (SSSR count). The van der Waals surface area contributed by atoms with Gasteiger partial charge in [-0.25, -0.2) is 4.39 Å². The molecular formula is C17H17FO5. The number of aldehydes is 1. The van der Waals surface area contributed by atoms with Crippen molar-refractivity contribution in [3.63, 3.8) is 0 Å². The van der Waals surface area contributed by atoms with Crippen LogP contribution in [0.4, 0.5) is 4.39 Å². The van der Waals surface area contributed by atoms with Gasteiger partial charge in [0.25, 0.3) is 0 Å². The number of benzene rings is 2. The smallest absolute Gasteiger partial charge is 0.188 e. The van der Waals surface area contributed by atoms with Gasteiger partial charge in [-0.15, -0.1) is 0 Å². The van der Waals surface area contributed by atoms with Gasteiger partial charge in [-0.05, 0) is 23.8 Å². The lowest BCUT2D eigenvalue weighted by Gasteiger charge is -2.18. The summed E-state index contributed by atoms with van der Waals surface area (Å²) < 4.78 is 34.1. The van der Waals surface area contributed by atoms with E-state index >= 15 is 0 Å². The van der Waals surface area contributed by atoms with Gasteiger partial charge in [0.15, 0.2) is 24.6 Å². The number of carbonyl (C=O) groups excluding carboxylic acids is 1. The van der Waals surface area contributed by atoms with Gasteiger partial charge >= 0.3 is 0 Å². The Morgan fingerprint density at radius 3 is 2.26 bits per heavy atom. The van der Waals surface area contributed by atoms with Crippen LogP contribution in [-0.4, -0.2) is 34.4 Å². The van der Waals surface area contributed by atoms with Crippen LogP contribution < -0.4 is 14.2 Å². The van der Waals surface area contributed by atoms with Crippen LogP contribution in [0, 0.1) is 5.82 Å². The highest BCUT2D eigenvalue weighted by Gasteiger charge is 2.21. The van der Waals surface area contributed by atoms with Crippen molar-refractivity contribution in [2.45, 2.75) is 0 Å². The number of halogens is 1. The first-order chi connectivity index (χ1) is 11.2. The lowest BCUT2D eigenvalue weighted by atomic mass is 10.00. The van der Waals surface area contributed by atoms with Crippen LogP contribution in [0.2, 0.25) is 0 Å². The highest BCUT2D eigenvalue weighted by atomic mass is 19.1. The van der Waals surface area contributed by atoms with Gasteiger partial charge in [-0.2, -0.15) is 0 Å². The summed E-state index contributed by atoms with van der Waals surface area (Å²) in [7, 11) is 4.38. The van der Waals surface area contributed by atoms with Crippen LogP contribution in [0.3, 0.4) is 0 Å². The largest absolute Gasteiger partial charge is 0.495 e. The summed E-state index contributed by atoms with van der Waals surface area (Å²) in [6, 6.07) is 7.52. The van der Waals surface area contributed by atoms with Crippen molar-refractivity contribution < 1.29 is 28.1 Å². The summed E-state index contributed by atoms with van der Waals surface area (Å²) in [5.74, 6) is 0.546. The van der Waals surface area contributed by atoms with Gasteiger partial charge in [0.2, 0.25) is 0 Å². The molecule has 0 amide bonds. The summed E-state index contributed by atoms with van der Waals surface area (Å²) in [5.41, 5.74) is 1.47. The fourth-order valence-electron chi connectivity index (χ4n) is 2.23. The van der Waals surface area contributed by atoms with Gasteiger partial charge in [-0.3, -0.25) is 4.79 Å². The van der Waals surface area contributed by atoms with Gasteiger partial charge in [-0.1, -0.05) is 12.1 Å². The summed E-state index contributed by atoms with van der Waals surface area (Å²) >= 11 is 0. The van der Waals surface area contributed by atoms with Crippen molar-refractivity contribution in [3.05, 3.63) is 41.7 Å². The standard InChI is InChI=1S/C17H17FO5/c1-20-10-23-17-14(9-19)16(22-3)13(8-15(17)21-2)11-4-6-12(18)7-5-11/h4-9H,10H2,1-3H3. The normalized spacial score (nSPS) is 10.3. The number of carbonyl (C=O) groups is 1. The summed E-state index contributed by atoms with van der Waals surface area (Å²) in [6.07, 6.45) is 0.624. The van der Waals surface area contributed by atoms with Crippen LogP contribution in [0.1, 0.15) is 10.4 Å². The highest BCUT2D eigenvalue weighted by Crippen LogP contribution is 2.44. The maximum absolute atomic E-state index is 13.1. The average Bonchev–Trinajstić information content (AvgIpc) is 2.59. The van der Waals surface area contributed by atoms with Gasteiger partial charge < -0.3 is 18.9 Å². The first-order valence-electron chi connectivity index (χ1n) is 6.78. The van der Waals surface area contributed by atoms with Crippen molar-refractivity contribution in [2.75, 3.05) is 28.1 Å². The zero-order valence-corrected chi connectivity index (χ0v) is 13.1. The average molecular weight is 320 g/mol. The first kappa shape index (κ1) is 16.8. The highest BCUT2D eigenvalue weighted by molar-refractivity contribution is 5.91. The predicted molar refractivity (Wildman–Crippen MR) is 82.8 cm³/mol. The molecule has 0 radical (unpaired) electrons. The molecule has 0 bridgehead atoms. The second-order valence-electron chi connectivity index (χ2n) is 4.58. The van der Waals surface area contributed by atoms with Crippen LogP contribution in [0.5, 0.6) is 17.2 Å². The number of methoxy groups -OCH3 is 3. The van der Waals surface area contributed by atoms with E-state index in [0.29, 0.717) is 28.9 Å². The third kappa shape index (κ3) is 3.43. The van der Waals surface area contributed by atoms with Crippen LogP contribution in [0.25, 0.3) is 11.1 Å². The first-order valence-corrected chi connectivity index (χ1v) is 6.78. The molecule has 2 aromatic rings. The van der Waals surface area contributed by atoms with E-state index in [-0.39, 0.29) is 23.9 Å². The van der Waals surface area contributed by atoms with Gasteiger partial charge in [0, 0.05) is 12.7 Å². The van der Waals surface area contributed by atoms with E-state index in [2.05, 4.69) is 0 Å². The van der Waals surface area contributed by atoms with E-state index < -0.39 is 0 Å². The lowest BCUT2D eigenvalue weighted by Crippen LogP contribution is -2.06. The molecule has 0 heterocycles. The molecule has 5 nitrogen and oxygen atoms in total. The molecule has 0 fully saturated rings. The van der Waals surface area contributed by atoms with Gasteiger partial charge in [0.05, 0.1) is 14.2 Å². The minimum Gasteiger partial charge on any atom is -0.495 e. The summed E-state index contributed by atoms with van der Waals surface area (Å²) in [5, 5.41) is 0. The van der Waals surface area contributed by atoms with Crippen LogP contribution in [-0.2, 0) is 4.74 Å². The molecule has 0 saturated heterocycles.